The Balaban J connectivity index is 2.18. The topological polar surface area (TPSA) is 35.5 Å². The molecule has 1 aliphatic heterocycles. The first-order valence-electron chi connectivity index (χ1n) is 6.12. The molecule has 3 atom stereocenters. The number of hydrogen-bond acceptors (Lipinski definition) is 3. The standard InChI is InChI=1S/C12H26N2O/c1-9(2)13-5-12(15)8-14-6-10(3)11(4)7-14/h9-13,15H,5-8H2,1-4H3. The Hall–Kier alpha value is -0.120. The molecule has 1 saturated heterocycles. The quantitative estimate of drug-likeness (QED) is 0.715. The lowest BCUT2D eigenvalue weighted by Crippen LogP contribution is -2.39. The van der Waals surface area contributed by atoms with Gasteiger partial charge in [0, 0.05) is 32.2 Å². The van der Waals surface area contributed by atoms with Gasteiger partial charge in [-0.3, -0.25) is 0 Å². The van der Waals surface area contributed by atoms with Gasteiger partial charge in [-0.2, -0.15) is 0 Å². The van der Waals surface area contributed by atoms with Gasteiger partial charge in [-0.25, -0.2) is 0 Å². The first kappa shape index (κ1) is 12.9. The lowest BCUT2D eigenvalue weighted by atomic mass is 10.0. The van der Waals surface area contributed by atoms with Gasteiger partial charge in [0.1, 0.15) is 0 Å². The number of nitrogens with zero attached hydrogens (tertiary/aromatic N) is 1. The van der Waals surface area contributed by atoms with Crippen molar-refractivity contribution in [2.24, 2.45) is 11.8 Å². The van der Waals surface area contributed by atoms with Crippen molar-refractivity contribution in [2.45, 2.75) is 39.8 Å². The average molecular weight is 214 g/mol. The highest BCUT2D eigenvalue weighted by atomic mass is 16.3. The number of hydrogen-bond donors (Lipinski definition) is 2. The van der Waals surface area contributed by atoms with Gasteiger partial charge in [0.2, 0.25) is 0 Å². The zero-order chi connectivity index (χ0) is 11.4. The average Bonchev–Trinajstić information content (AvgIpc) is 2.42. The zero-order valence-corrected chi connectivity index (χ0v) is 10.5. The monoisotopic (exact) mass is 214 g/mol. The molecule has 0 aromatic carbocycles. The van der Waals surface area contributed by atoms with Crippen LogP contribution in [0.5, 0.6) is 0 Å². The van der Waals surface area contributed by atoms with Crippen LogP contribution in [0.4, 0.5) is 0 Å². The fraction of sp³-hybridized carbons (Fsp3) is 1.00. The summed E-state index contributed by atoms with van der Waals surface area (Å²) in [6, 6.07) is 0.455. The molecule has 0 aromatic heterocycles. The predicted molar refractivity (Wildman–Crippen MR) is 63.9 cm³/mol. The van der Waals surface area contributed by atoms with Gasteiger partial charge >= 0.3 is 0 Å². The second kappa shape index (κ2) is 5.83. The van der Waals surface area contributed by atoms with E-state index in [2.05, 4.69) is 37.9 Å². The molecule has 1 rings (SSSR count). The molecule has 3 nitrogen and oxygen atoms in total. The Kier molecular flexibility index (Phi) is 5.03. The van der Waals surface area contributed by atoms with Gasteiger partial charge in [-0.1, -0.05) is 27.7 Å². The molecule has 0 amide bonds. The molecule has 3 unspecified atom stereocenters. The summed E-state index contributed by atoms with van der Waals surface area (Å²) in [6.45, 7) is 12.6. The summed E-state index contributed by atoms with van der Waals surface area (Å²) < 4.78 is 0. The van der Waals surface area contributed by atoms with Crippen molar-refractivity contribution in [1.29, 1.82) is 0 Å². The van der Waals surface area contributed by atoms with Crippen LogP contribution in [0, 0.1) is 11.8 Å². The zero-order valence-electron chi connectivity index (χ0n) is 10.5. The van der Waals surface area contributed by atoms with Gasteiger partial charge in [-0.15, -0.1) is 0 Å². The molecule has 1 heterocycles. The fourth-order valence-electron chi connectivity index (χ4n) is 2.13. The molecule has 0 radical (unpaired) electrons. The summed E-state index contributed by atoms with van der Waals surface area (Å²) in [5.74, 6) is 1.55. The van der Waals surface area contributed by atoms with E-state index in [0.717, 1.165) is 31.5 Å². The summed E-state index contributed by atoms with van der Waals surface area (Å²) in [6.07, 6.45) is -0.232. The Bertz CT molecular complexity index is 174. The SMILES string of the molecule is CC(C)NCC(O)CN1CC(C)C(C)C1. The van der Waals surface area contributed by atoms with E-state index in [-0.39, 0.29) is 6.10 Å². The number of likely N-dealkylation sites (tertiary alicyclic amines) is 1. The molecule has 90 valence electrons. The highest BCUT2D eigenvalue weighted by molar-refractivity contribution is 4.80. The largest absolute Gasteiger partial charge is 0.390 e. The van der Waals surface area contributed by atoms with Gasteiger partial charge in [0.25, 0.3) is 0 Å². The maximum Gasteiger partial charge on any atom is 0.0791 e. The second-order valence-corrected chi connectivity index (χ2v) is 5.39. The Morgan fingerprint density at radius 3 is 2.27 bits per heavy atom. The van der Waals surface area contributed by atoms with Crippen molar-refractivity contribution >= 4 is 0 Å². The lowest BCUT2D eigenvalue weighted by Gasteiger charge is -2.21. The third-order valence-corrected chi connectivity index (χ3v) is 3.29. The number of aliphatic hydroxyl groups is 1. The van der Waals surface area contributed by atoms with Gasteiger partial charge in [-0.05, 0) is 11.8 Å². The van der Waals surface area contributed by atoms with E-state index in [1.807, 2.05) is 0 Å². The smallest absolute Gasteiger partial charge is 0.0791 e. The number of β-amino-alcohol motifs (C(OH)–C–C–N with tert-alkyl or cyclic N) is 1. The fourth-order valence-corrected chi connectivity index (χ4v) is 2.13. The van der Waals surface area contributed by atoms with Crippen molar-refractivity contribution in [1.82, 2.24) is 10.2 Å². The van der Waals surface area contributed by atoms with Crippen LogP contribution in [-0.4, -0.2) is 48.3 Å². The summed E-state index contributed by atoms with van der Waals surface area (Å²) in [5.41, 5.74) is 0. The van der Waals surface area contributed by atoms with E-state index >= 15 is 0 Å². The van der Waals surface area contributed by atoms with Gasteiger partial charge < -0.3 is 15.3 Å². The molecular weight excluding hydrogens is 188 g/mol. The molecule has 1 aliphatic rings. The Morgan fingerprint density at radius 1 is 1.27 bits per heavy atom. The van der Waals surface area contributed by atoms with Crippen LogP contribution in [0.25, 0.3) is 0 Å². The summed E-state index contributed by atoms with van der Waals surface area (Å²) in [7, 11) is 0. The summed E-state index contributed by atoms with van der Waals surface area (Å²) in [4.78, 5) is 2.38. The maximum atomic E-state index is 9.83. The van der Waals surface area contributed by atoms with Crippen LogP contribution < -0.4 is 5.32 Å². The molecule has 15 heavy (non-hydrogen) atoms. The molecular formula is C12H26N2O. The number of nitrogens with one attached hydrogen (secondary N) is 1. The van der Waals surface area contributed by atoms with E-state index in [0.29, 0.717) is 12.6 Å². The highest BCUT2D eigenvalue weighted by Gasteiger charge is 2.26. The van der Waals surface area contributed by atoms with Crippen molar-refractivity contribution in [2.75, 3.05) is 26.2 Å². The van der Waals surface area contributed by atoms with Crippen LogP contribution in [0.1, 0.15) is 27.7 Å². The van der Waals surface area contributed by atoms with Crippen molar-refractivity contribution < 1.29 is 5.11 Å². The third-order valence-electron chi connectivity index (χ3n) is 3.29. The van der Waals surface area contributed by atoms with E-state index in [1.54, 1.807) is 0 Å². The van der Waals surface area contributed by atoms with Gasteiger partial charge in [0.15, 0.2) is 0 Å². The summed E-state index contributed by atoms with van der Waals surface area (Å²) >= 11 is 0. The molecule has 0 spiro atoms. The molecule has 0 saturated carbocycles. The molecule has 3 heteroatoms. The second-order valence-electron chi connectivity index (χ2n) is 5.39. The molecule has 2 N–H and O–H groups in total. The van der Waals surface area contributed by atoms with E-state index in [1.165, 1.54) is 0 Å². The predicted octanol–water partition coefficient (Wildman–Crippen LogP) is 0.933. The third kappa shape index (κ3) is 4.49. The number of aliphatic hydroxyl groups excluding tert-OH is 1. The van der Waals surface area contributed by atoms with Crippen LogP contribution in [-0.2, 0) is 0 Å². The minimum absolute atomic E-state index is 0.232. The Morgan fingerprint density at radius 2 is 1.80 bits per heavy atom. The normalized spacial score (nSPS) is 30.0. The maximum absolute atomic E-state index is 9.83. The Labute approximate surface area is 93.9 Å². The minimum Gasteiger partial charge on any atom is -0.390 e. The van der Waals surface area contributed by atoms with Crippen LogP contribution in [0.15, 0.2) is 0 Å². The molecule has 0 bridgehead atoms. The van der Waals surface area contributed by atoms with Crippen LogP contribution in [0.2, 0.25) is 0 Å². The first-order chi connectivity index (χ1) is 6.99. The van der Waals surface area contributed by atoms with E-state index in [9.17, 15) is 5.11 Å². The molecule has 1 fully saturated rings. The van der Waals surface area contributed by atoms with Crippen molar-refractivity contribution in [3.05, 3.63) is 0 Å². The lowest BCUT2D eigenvalue weighted by molar-refractivity contribution is 0.119. The first-order valence-corrected chi connectivity index (χ1v) is 6.12. The number of rotatable bonds is 5. The van der Waals surface area contributed by atoms with Crippen LogP contribution >= 0.6 is 0 Å². The molecule has 0 aliphatic carbocycles. The van der Waals surface area contributed by atoms with Crippen molar-refractivity contribution in [3.63, 3.8) is 0 Å². The minimum atomic E-state index is -0.232. The van der Waals surface area contributed by atoms with E-state index < -0.39 is 0 Å². The summed E-state index contributed by atoms with van der Waals surface area (Å²) in [5, 5.41) is 13.1. The van der Waals surface area contributed by atoms with Crippen LogP contribution in [0.3, 0.4) is 0 Å². The highest BCUT2D eigenvalue weighted by Crippen LogP contribution is 2.21. The van der Waals surface area contributed by atoms with Gasteiger partial charge in [0.05, 0.1) is 6.10 Å². The van der Waals surface area contributed by atoms with Crippen molar-refractivity contribution in [3.8, 4) is 0 Å². The van der Waals surface area contributed by atoms with E-state index in [4.69, 9.17) is 0 Å². The molecule has 0 aromatic rings.